The molecule has 10 heteroatoms. The molecule has 2 rings (SSSR count). The van der Waals surface area contributed by atoms with Crippen LogP contribution < -0.4 is 9.46 Å². The summed E-state index contributed by atoms with van der Waals surface area (Å²) in [5, 5.41) is 9.60. The first-order valence-electron chi connectivity index (χ1n) is 5.90. The second kappa shape index (κ2) is 6.28. The van der Waals surface area contributed by atoms with Crippen LogP contribution in [0, 0.1) is 17.5 Å². The monoisotopic (exact) mass is 411 g/mol. The Morgan fingerprint density at radius 2 is 1.83 bits per heavy atom. The number of rotatable bonds is 4. The van der Waals surface area contributed by atoms with Crippen LogP contribution in [0.2, 0.25) is 0 Å². The first-order valence-corrected chi connectivity index (χ1v) is 8.18. The largest absolute Gasteiger partial charge is 0.504 e. The van der Waals surface area contributed by atoms with Crippen molar-refractivity contribution >= 4 is 31.6 Å². The Morgan fingerprint density at radius 3 is 2.39 bits per heavy atom. The van der Waals surface area contributed by atoms with E-state index in [9.17, 15) is 26.7 Å². The van der Waals surface area contributed by atoms with Gasteiger partial charge in [0, 0.05) is 6.07 Å². The maximum absolute atomic E-state index is 13.5. The molecule has 0 spiro atoms. The fourth-order valence-corrected chi connectivity index (χ4v) is 3.77. The summed E-state index contributed by atoms with van der Waals surface area (Å²) >= 11 is 2.58. The Hall–Kier alpha value is -1.94. The summed E-state index contributed by atoms with van der Waals surface area (Å²) in [4.78, 5) is -0.829. The number of nitrogens with one attached hydrogen (secondary N) is 1. The summed E-state index contributed by atoms with van der Waals surface area (Å²) in [6.45, 7) is 0. The lowest BCUT2D eigenvalue weighted by atomic mass is 10.3. The molecule has 0 radical (unpaired) electrons. The molecule has 0 amide bonds. The second-order valence-electron chi connectivity index (χ2n) is 4.29. The van der Waals surface area contributed by atoms with E-state index in [-0.39, 0.29) is 17.2 Å². The number of anilines is 1. The van der Waals surface area contributed by atoms with Gasteiger partial charge >= 0.3 is 0 Å². The first kappa shape index (κ1) is 17.4. The molecule has 0 aromatic heterocycles. The van der Waals surface area contributed by atoms with Crippen LogP contribution in [-0.2, 0) is 10.0 Å². The van der Waals surface area contributed by atoms with Gasteiger partial charge in [0.1, 0.15) is 4.90 Å². The van der Waals surface area contributed by atoms with Crippen molar-refractivity contribution in [2.75, 3.05) is 11.8 Å². The van der Waals surface area contributed by atoms with Crippen molar-refractivity contribution in [2.24, 2.45) is 0 Å². The molecular weight excluding hydrogens is 403 g/mol. The van der Waals surface area contributed by atoms with Gasteiger partial charge < -0.3 is 9.84 Å². The van der Waals surface area contributed by atoms with Crippen LogP contribution in [-0.4, -0.2) is 20.6 Å². The molecular formula is C13H9BrF3NO4S. The van der Waals surface area contributed by atoms with Crippen molar-refractivity contribution < 1.29 is 31.4 Å². The van der Waals surface area contributed by atoms with Crippen LogP contribution in [0.5, 0.6) is 11.5 Å². The highest BCUT2D eigenvalue weighted by molar-refractivity contribution is 9.10. The van der Waals surface area contributed by atoms with Gasteiger partial charge in [-0.2, -0.15) is 0 Å². The first-order chi connectivity index (χ1) is 10.7. The molecule has 5 nitrogen and oxygen atoms in total. The fraction of sp³-hybridized carbons (Fsp3) is 0.0769. The van der Waals surface area contributed by atoms with Gasteiger partial charge in [0.2, 0.25) is 0 Å². The summed E-state index contributed by atoms with van der Waals surface area (Å²) in [5.74, 6) is -5.35. The summed E-state index contributed by atoms with van der Waals surface area (Å²) in [6, 6.07) is 3.93. The van der Waals surface area contributed by atoms with Crippen LogP contribution in [0.15, 0.2) is 33.6 Å². The third-order valence-corrected chi connectivity index (χ3v) is 5.23. The van der Waals surface area contributed by atoms with E-state index in [2.05, 4.69) is 15.9 Å². The van der Waals surface area contributed by atoms with Gasteiger partial charge in [-0.3, -0.25) is 4.72 Å². The molecule has 2 aromatic carbocycles. The SMILES string of the molecule is COc1ccc(NS(=O)(=O)c2cc(F)c(F)c(F)c2Br)cc1O. The molecule has 2 aromatic rings. The topological polar surface area (TPSA) is 75.6 Å². The van der Waals surface area contributed by atoms with E-state index in [1.807, 2.05) is 4.72 Å². The number of phenolic OH excluding ortho intramolecular Hbond substituents is 1. The van der Waals surface area contributed by atoms with Crippen molar-refractivity contribution in [3.8, 4) is 11.5 Å². The van der Waals surface area contributed by atoms with E-state index in [0.29, 0.717) is 6.07 Å². The minimum Gasteiger partial charge on any atom is -0.504 e. The van der Waals surface area contributed by atoms with Crippen molar-refractivity contribution in [1.82, 2.24) is 0 Å². The maximum atomic E-state index is 13.5. The Balaban J connectivity index is 2.46. The lowest BCUT2D eigenvalue weighted by Crippen LogP contribution is -2.15. The van der Waals surface area contributed by atoms with Gasteiger partial charge in [0.15, 0.2) is 29.0 Å². The summed E-state index contributed by atoms with van der Waals surface area (Å²) in [7, 11) is -3.13. The van der Waals surface area contributed by atoms with Crippen LogP contribution in [0.25, 0.3) is 0 Å². The third kappa shape index (κ3) is 3.37. The molecule has 0 unspecified atom stereocenters. The van der Waals surface area contributed by atoms with Crippen molar-refractivity contribution in [3.63, 3.8) is 0 Å². The van der Waals surface area contributed by atoms with E-state index in [1.165, 1.54) is 19.2 Å². The standard InChI is InChI=1S/C13H9BrF3NO4S/c1-22-9-3-2-6(4-8(9)19)18-23(20,21)10-5-7(15)12(16)13(17)11(10)14/h2-5,18-19H,1H3. The number of methoxy groups -OCH3 is 1. The predicted octanol–water partition coefficient (Wildman–Crippen LogP) is 3.38. The van der Waals surface area contributed by atoms with Crippen molar-refractivity contribution in [2.45, 2.75) is 4.90 Å². The van der Waals surface area contributed by atoms with Gasteiger partial charge in [-0.1, -0.05) is 0 Å². The zero-order valence-corrected chi connectivity index (χ0v) is 13.8. The number of hydrogen-bond donors (Lipinski definition) is 2. The van der Waals surface area contributed by atoms with E-state index in [4.69, 9.17) is 4.74 Å². The molecule has 0 heterocycles. The van der Waals surface area contributed by atoms with Crippen LogP contribution in [0.4, 0.5) is 18.9 Å². The predicted molar refractivity (Wildman–Crippen MR) is 79.5 cm³/mol. The van der Waals surface area contributed by atoms with Gasteiger partial charge in [-0.05, 0) is 34.1 Å². The van der Waals surface area contributed by atoms with Gasteiger partial charge in [0.05, 0.1) is 17.3 Å². The summed E-state index contributed by atoms with van der Waals surface area (Å²) in [6.07, 6.45) is 0. The normalized spacial score (nSPS) is 11.3. The molecule has 124 valence electrons. The van der Waals surface area contributed by atoms with E-state index in [0.717, 1.165) is 6.07 Å². The number of phenols is 1. The van der Waals surface area contributed by atoms with Crippen LogP contribution >= 0.6 is 15.9 Å². The van der Waals surface area contributed by atoms with E-state index >= 15 is 0 Å². The molecule has 0 saturated heterocycles. The number of halogens is 4. The molecule has 2 N–H and O–H groups in total. The number of ether oxygens (including phenoxy) is 1. The summed E-state index contributed by atoms with van der Waals surface area (Å²) < 4.78 is 70.3. The molecule has 0 atom stereocenters. The Bertz CT molecular complexity index is 874. The van der Waals surface area contributed by atoms with Crippen molar-refractivity contribution in [3.05, 3.63) is 46.2 Å². The highest BCUT2D eigenvalue weighted by Crippen LogP contribution is 2.32. The van der Waals surface area contributed by atoms with Crippen molar-refractivity contribution in [1.29, 1.82) is 0 Å². The molecule has 0 bridgehead atoms. The minimum absolute atomic E-state index is 0.0830. The number of hydrogen-bond acceptors (Lipinski definition) is 4. The Morgan fingerprint density at radius 1 is 1.17 bits per heavy atom. The Kier molecular flexibility index (Phi) is 4.76. The molecule has 0 aliphatic carbocycles. The second-order valence-corrected chi connectivity index (χ2v) is 6.73. The summed E-state index contributed by atoms with van der Waals surface area (Å²) in [5.41, 5.74) is -0.0830. The molecule has 0 aliphatic heterocycles. The molecule has 23 heavy (non-hydrogen) atoms. The molecule has 0 fully saturated rings. The van der Waals surface area contributed by atoms with Gasteiger partial charge in [0.25, 0.3) is 10.0 Å². The van der Waals surface area contributed by atoms with E-state index < -0.39 is 36.8 Å². The smallest absolute Gasteiger partial charge is 0.263 e. The lowest BCUT2D eigenvalue weighted by Gasteiger charge is -2.12. The maximum Gasteiger partial charge on any atom is 0.263 e. The van der Waals surface area contributed by atoms with Gasteiger partial charge in [-0.15, -0.1) is 0 Å². The lowest BCUT2D eigenvalue weighted by molar-refractivity contribution is 0.373. The molecule has 0 aliphatic rings. The highest BCUT2D eigenvalue weighted by Gasteiger charge is 2.25. The highest BCUT2D eigenvalue weighted by atomic mass is 79.9. The van der Waals surface area contributed by atoms with Crippen LogP contribution in [0.3, 0.4) is 0 Å². The number of sulfonamides is 1. The van der Waals surface area contributed by atoms with E-state index in [1.54, 1.807) is 0 Å². The minimum atomic E-state index is -4.44. The molecule has 0 saturated carbocycles. The fourth-order valence-electron chi connectivity index (χ4n) is 1.71. The van der Waals surface area contributed by atoms with Crippen LogP contribution in [0.1, 0.15) is 0 Å². The zero-order chi connectivity index (χ0) is 17.4. The quantitative estimate of drug-likeness (QED) is 0.597. The average molecular weight is 412 g/mol. The van der Waals surface area contributed by atoms with Gasteiger partial charge in [-0.25, -0.2) is 21.6 Å². The average Bonchev–Trinajstić information content (AvgIpc) is 2.48. The number of benzene rings is 2. The number of aromatic hydroxyl groups is 1. The zero-order valence-electron chi connectivity index (χ0n) is 11.4. The Labute approximate surface area is 137 Å². The third-order valence-electron chi connectivity index (χ3n) is 2.79.